The van der Waals surface area contributed by atoms with Crippen LogP contribution in [0.3, 0.4) is 0 Å². The highest BCUT2D eigenvalue weighted by Crippen LogP contribution is 2.37. The van der Waals surface area contributed by atoms with Gasteiger partial charge >= 0.3 is 0 Å². The van der Waals surface area contributed by atoms with E-state index in [1.807, 2.05) is 4.90 Å². The molecule has 0 bridgehead atoms. The zero-order valence-corrected chi connectivity index (χ0v) is 21.8. The Balaban J connectivity index is 1.49. The molecule has 1 saturated heterocycles. The Morgan fingerprint density at radius 1 is 1.03 bits per heavy atom. The number of aromatic nitrogens is 2. The molecule has 0 spiro atoms. The third-order valence-corrected chi connectivity index (χ3v) is 7.87. The number of anilines is 3. The van der Waals surface area contributed by atoms with Crippen molar-refractivity contribution in [3.05, 3.63) is 60.3 Å². The van der Waals surface area contributed by atoms with E-state index < -0.39 is 25.9 Å². The molecular weight excluding hydrogens is 518 g/mol. The second-order valence-electron chi connectivity index (χ2n) is 8.98. The number of hydrogen-bond donors (Lipinski definition) is 1. The predicted octanol–water partition coefficient (Wildman–Crippen LogP) is 1.67. The Labute approximate surface area is 215 Å². The van der Waals surface area contributed by atoms with Crippen LogP contribution in [0.1, 0.15) is 5.56 Å². The lowest BCUT2D eigenvalue weighted by Gasteiger charge is -2.43. The molecule has 0 saturated carbocycles. The minimum atomic E-state index is -3.39. The molecule has 1 unspecified atom stereocenters. The van der Waals surface area contributed by atoms with Gasteiger partial charge in [-0.2, -0.15) is 0 Å². The maximum Gasteiger partial charge on any atom is 0.252 e. The lowest BCUT2D eigenvalue weighted by atomic mass is 10.1. The Kier molecular flexibility index (Phi) is 6.38. The first-order valence-electron chi connectivity index (χ1n) is 11.4. The Bertz CT molecular complexity index is 1560. The van der Waals surface area contributed by atoms with Crippen molar-refractivity contribution in [3.8, 4) is 11.4 Å². The molecule has 2 aliphatic heterocycles. The number of fused-ring (bicyclic) bond motifs is 3. The summed E-state index contributed by atoms with van der Waals surface area (Å²) in [5.74, 6) is 0.887. The highest BCUT2D eigenvalue weighted by Gasteiger charge is 2.41. The predicted molar refractivity (Wildman–Crippen MR) is 139 cm³/mol. The number of hydrogen-bond acceptors (Lipinski definition) is 9. The molecule has 0 radical (unpaired) electrons. The summed E-state index contributed by atoms with van der Waals surface area (Å²) in [7, 11) is -6.72. The topological polar surface area (TPSA) is 139 Å². The van der Waals surface area contributed by atoms with E-state index in [0.29, 0.717) is 41.7 Å². The first-order chi connectivity index (χ1) is 17.5. The molecule has 3 heterocycles. The third kappa shape index (κ3) is 5.29. The molecule has 1 aromatic heterocycles. The number of ether oxygens (including phenoxy) is 1. The van der Waals surface area contributed by atoms with Crippen LogP contribution in [0.25, 0.3) is 11.4 Å². The monoisotopic (exact) mass is 543 g/mol. The summed E-state index contributed by atoms with van der Waals surface area (Å²) in [6.07, 6.45) is 3.84. The van der Waals surface area contributed by atoms with Gasteiger partial charge in [0.2, 0.25) is 10.0 Å². The van der Waals surface area contributed by atoms with Crippen LogP contribution >= 0.6 is 0 Å². The molecule has 1 fully saturated rings. The second-order valence-corrected chi connectivity index (χ2v) is 12.7. The summed E-state index contributed by atoms with van der Waals surface area (Å²) in [5, 5.41) is 0. The smallest absolute Gasteiger partial charge is 0.252 e. The van der Waals surface area contributed by atoms with E-state index in [9.17, 15) is 21.6 Å². The number of carbonyl (C=O) groups excluding carboxylic acids is 1. The van der Waals surface area contributed by atoms with Crippen LogP contribution in [0, 0.1) is 0 Å². The van der Waals surface area contributed by atoms with Gasteiger partial charge in [0.05, 0.1) is 37.1 Å². The number of rotatable bonds is 6. The van der Waals surface area contributed by atoms with Gasteiger partial charge in [-0.1, -0.05) is 12.1 Å². The fourth-order valence-corrected chi connectivity index (χ4v) is 5.55. The van der Waals surface area contributed by atoms with Gasteiger partial charge in [-0.05, 0) is 42.0 Å². The van der Waals surface area contributed by atoms with Gasteiger partial charge in [0.1, 0.15) is 11.7 Å². The first kappa shape index (κ1) is 25.1. The molecule has 37 heavy (non-hydrogen) atoms. The fraction of sp³-hybridized carbons (Fsp3) is 0.292. The van der Waals surface area contributed by atoms with Crippen LogP contribution in [-0.4, -0.2) is 71.0 Å². The van der Waals surface area contributed by atoms with Crippen molar-refractivity contribution in [3.63, 3.8) is 0 Å². The number of nitrogens with one attached hydrogen (secondary N) is 1. The van der Waals surface area contributed by atoms with Crippen molar-refractivity contribution in [2.45, 2.75) is 17.5 Å². The molecule has 1 amide bonds. The molecule has 11 nitrogen and oxygen atoms in total. The van der Waals surface area contributed by atoms with Crippen molar-refractivity contribution < 1.29 is 26.4 Å². The number of amides is 1. The lowest BCUT2D eigenvalue weighted by Crippen LogP contribution is -2.58. The fourth-order valence-electron chi connectivity index (χ4n) is 4.36. The average Bonchev–Trinajstić information content (AvgIpc) is 2.85. The van der Waals surface area contributed by atoms with Gasteiger partial charge in [0.15, 0.2) is 21.5 Å². The largest absolute Gasteiger partial charge is 0.377 e. The molecule has 2 aliphatic rings. The quantitative estimate of drug-likeness (QED) is 0.492. The first-order valence-corrected chi connectivity index (χ1v) is 15.2. The molecule has 2 aromatic carbocycles. The molecule has 1 atom stereocenters. The number of sulfone groups is 1. The van der Waals surface area contributed by atoms with Crippen LogP contribution in [0.15, 0.2) is 59.6 Å². The summed E-state index contributed by atoms with van der Waals surface area (Å²) in [6.45, 7) is 1.40. The molecule has 3 aromatic rings. The second kappa shape index (κ2) is 9.39. The summed E-state index contributed by atoms with van der Waals surface area (Å²) in [6, 6.07) is 12.6. The van der Waals surface area contributed by atoms with Crippen molar-refractivity contribution in [1.82, 2.24) is 9.97 Å². The molecule has 5 rings (SSSR count). The lowest BCUT2D eigenvalue weighted by molar-refractivity contribution is -0.122. The number of morpholine rings is 1. The van der Waals surface area contributed by atoms with Crippen molar-refractivity contribution in [2.24, 2.45) is 0 Å². The highest BCUT2D eigenvalue weighted by molar-refractivity contribution is 7.92. The van der Waals surface area contributed by atoms with Crippen LogP contribution in [0.5, 0.6) is 0 Å². The summed E-state index contributed by atoms with van der Waals surface area (Å²) < 4.78 is 54.6. The van der Waals surface area contributed by atoms with Gasteiger partial charge in [0, 0.05) is 24.1 Å². The minimum Gasteiger partial charge on any atom is -0.377 e. The maximum atomic E-state index is 13.5. The van der Waals surface area contributed by atoms with Crippen LogP contribution in [0.4, 0.5) is 17.2 Å². The Hall–Kier alpha value is -3.55. The Morgan fingerprint density at radius 2 is 1.73 bits per heavy atom. The van der Waals surface area contributed by atoms with E-state index in [-0.39, 0.29) is 24.0 Å². The molecular formula is C24H25N5O6S2. The molecule has 194 valence electrons. The average molecular weight is 544 g/mol. The minimum absolute atomic E-state index is 0.146. The summed E-state index contributed by atoms with van der Waals surface area (Å²) in [5.41, 5.74) is 2.42. The number of carbonyl (C=O) groups is 1. The van der Waals surface area contributed by atoms with Gasteiger partial charge in [0.25, 0.3) is 5.91 Å². The molecule has 0 aliphatic carbocycles. The summed E-state index contributed by atoms with van der Waals surface area (Å²) >= 11 is 0. The highest BCUT2D eigenvalue weighted by atomic mass is 32.2. The van der Waals surface area contributed by atoms with E-state index >= 15 is 0 Å². The van der Waals surface area contributed by atoms with E-state index in [0.717, 1.165) is 18.1 Å². The van der Waals surface area contributed by atoms with Gasteiger partial charge in [-0.15, -0.1) is 0 Å². The van der Waals surface area contributed by atoms with Gasteiger partial charge in [-0.3, -0.25) is 9.52 Å². The van der Waals surface area contributed by atoms with E-state index in [4.69, 9.17) is 9.72 Å². The molecule has 13 heteroatoms. The van der Waals surface area contributed by atoms with Crippen molar-refractivity contribution >= 4 is 43.0 Å². The van der Waals surface area contributed by atoms with Crippen LogP contribution in [0.2, 0.25) is 0 Å². The van der Waals surface area contributed by atoms with Gasteiger partial charge in [-0.25, -0.2) is 26.8 Å². The zero-order chi connectivity index (χ0) is 26.4. The number of benzene rings is 2. The van der Waals surface area contributed by atoms with Crippen molar-refractivity contribution in [2.75, 3.05) is 46.8 Å². The third-order valence-electron chi connectivity index (χ3n) is 6.13. The number of sulfonamides is 1. The van der Waals surface area contributed by atoms with Crippen molar-refractivity contribution in [1.29, 1.82) is 0 Å². The SMILES string of the molecule is CS(=O)(=O)Nc1ccc(-c2ncc3c(n2)N2CCOCC2C(=O)N3Cc2ccc(S(C)(=O)=O)cc2)cc1. The standard InChI is InChI=1S/C24H25N5O6S2/c1-36(31,32)19-9-3-16(4-10-19)14-29-20-13-25-22(17-5-7-18(8-6-17)27-37(2,33)34)26-23(20)28-11-12-35-15-21(28)24(29)30/h3-10,13,21,27H,11-12,14-15H2,1-2H3. The van der Waals surface area contributed by atoms with E-state index in [1.165, 1.54) is 12.1 Å². The summed E-state index contributed by atoms with van der Waals surface area (Å²) in [4.78, 5) is 26.5. The van der Waals surface area contributed by atoms with Gasteiger partial charge < -0.3 is 14.5 Å². The Morgan fingerprint density at radius 3 is 2.38 bits per heavy atom. The van der Waals surface area contributed by atoms with E-state index in [2.05, 4.69) is 9.71 Å². The maximum absolute atomic E-state index is 13.5. The van der Waals surface area contributed by atoms with Crippen LogP contribution in [-0.2, 0) is 35.9 Å². The molecule has 1 N–H and O–H groups in total. The zero-order valence-electron chi connectivity index (χ0n) is 20.2. The normalized spacial score (nSPS) is 17.8. The van der Waals surface area contributed by atoms with E-state index in [1.54, 1.807) is 47.5 Å². The van der Waals surface area contributed by atoms with Crippen LogP contribution < -0.4 is 14.5 Å². The number of nitrogens with zero attached hydrogens (tertiary/aromatic N) is 4.